The molecule has 0 spiro atoms. The van der Waals surface area contributed by atoms with Gasteiger partial charge in [-0.1, -0.05) is 13.8 Å². The lowest BCUT2D eigenvalue weighted by Crippen LogP contribution is -2.29. The summed E-state index contributed by atoms with van der Waals surface area (Å²) < 4.78 is 19.0. The van der Waals surface area contributed by atoms with Crippen molar-refractivity contribution in [3.63, 3.8) is 0 Å². The van der Waals surface area contributed by atoms with Crippen LogP contribution in [0.4, 0.5) is 4.39 Å². The van der Waals surface area contributed by atoms with Crippen LogP contribution in [-0.4, -0.2) is 11.1 Å². The Morgan fingerprint density at radius 3 is 2.61 bits per heavy atom. The third-order valence-electron chi connectivity index (χ3n) is 3.45. The lowest BCUT2D eigenvalue weighted by molar-refractivity contribution is 0.0957. The van der Waals surface area contributed by atoms with Gasteiger partial charge in [-0.25, -0.2) is 9.37 Å². The number of alkyl halides is 1. The molecule has 0 amide bonds. The third kappa shape index (κ3) is 3.35. The van der Waals surface area contributed by atoms with E-state index in [2.05, 4.69) is 18.8 Å². The molecule has 2 atom stereocenters. The summed E-state index contributed by atoms with van der Waals surface area (Å²) in [6, 6.07) is 1.39. The maximum atomic E-state index is 13.1. The van der Waals surface area contributed by atoms with E-state index >= 15 is 0 Å². The Kier molecular flexibility index (Phi) is 4.44. The van der Waals surface area contributed by atoms with Crippen molar-refractivity contribution in [2.75, 3.05) is 0 Å². The van der Waals surface area contributed by atoms with Gasteiger partial charge in [-0.05, 0) is 37.2 Å². The molecule has 2 unspecified atom stereocenters. The minimum Gasteiger partial charge on any atom is -0.474 e. The van der Waals surface area contributed by atoms with Gasteiger partial charge < -0.3 is 4.74 Å². The fourth-order valence-electron chi connectivity index (χ4n) is 2.80. The summed E-state index contributed by atoms with van der Waals surface area (Å²) in [6.07, 6.45) is 4.67. The summed E-state index contributed by atoms with van der Waals surface area (Å²) in [5.41, 5.74) is 0.627. The van der Waals surface area contributed by atoms with E-state index in [0.29, 0.717) is 23.3 Å². The molecule has 0 radical (unpaired) electrons. The van der Waals surface area contributed by atoms with Gasteiger partial charge in [-0.2, -0.15) is 0 Å². The minimum absolute atomic E-state index is 0.170. The van der Waals surface area contributed by atoms with Gasteiger partial charge in [0.05, 0.1) is 12.1 Å². The lowest BCUT2D eigenvalue weighted by atomic mass is 9.82. The Labute approximate surface area is 113 Å². The van der Waals surface area contributed by atoms with Gasteiger partial charge in [0.2, 0.25) is 5.88 Å². The Balaban J connectivity index is 2.08. The lowest BCUT2D eigenvalue weighted by Gasteiger charge is -2.31. The van der Waals surface area contributed by atoms with Crippen molar-refractivity contribution in [1.82, 2.24) is 4.98 Å². The first kappa shape index (κ1) is 13.6. The fraction of sp³-hybridized carbons (Fsp3) is 0.643. The molecule has 0 bridgehead atoms. The zero-order chi connectivity index (χ0) is 13.1. The molecule has 4 heteroatoms. The maximum absolute atomic E-state index is 13.1. The van der Waals surface area contributed by atoms with E-state index in [1.807, 2.05) is 0 Å². The van der Waals surface area contributed by atoms with Crippen LogP contribution >= 0.6 is 11.6 Å². The first-order valence-electron chi connectivity index (χ1n) is 6.45. The number of hydrogen-bond donors (Lipinski definition) is 0. The van der Waals surface area contributed by atoms with Gasteiger partial charge in [-0.15, -0.1) is 11.6 Å². The van der Waals surface area contributed by atoms with Crippen molar-refractivity contribution in [3.8, 4) is 5.88 Å². The third-order valence-corrected chi connectivity index (χ3v) is 3.74. The molecule has 1 fully saturated rings. The molecule has 0 aromatic carbocycles. The first-order chi connectivity index (χ1) is 8.58. The molecule has 2 rings (SSSR count). The van der Waals surface area contributed by atoms with Crippen LogP contribution < -0.4 is 4.74 Å². The van der Waals surface area contributed by atoms with Gasteiger partial charge in [0, 0.05) is 5.56 Å². The van der Waals surface area contributed by atoms with E-state index in [9.17, 15) is 4.39 Å². The number of nitrogens with zero attached hydrogens (tertiary/aromatic N) is 1. The highest BCUT2D eigenvalue weighted by Gasteiger charge is 2.26. The molecule has 1 saturated carbocycles. The maximum Gasteiger partial charge on any atom is 0.218 e. The van der Waals surface area contributed by atoms with Crippen LogP contribution in [0.2, 0.25) is 0 Å². The molecule has 1 aromatic heterocycles. The van der Waals surface area contributed by atoms with Crippen molar-refractivity contribution in [2.24, 2.45) is 11.8 Å². The van der Waals surface area contributed by atoms with Crippen molar-refractivity contribution in [2.45, 2.75) is 45.1 Å². The number of hydrogen-bond acceptors (Lipinski definition) is 2. The smallest absolute Gasteiger partial charge is 0.218 e. The number of halogens is 2. The number of ether oxygens (including phenoxy) is 1. The fourth-order valence-corrected chi connectivity index (χ4v) is 2.99. The normalized spacial score (nSPS) is 28.1. The molecule has 0 N–H and O–H groups in total. The Morgan fingerprint density at radius 2 is 2.00 bits per heavy atom. The van der Waals surface area contributed by atoms with Gasteiger partial charge in [0.15, 0.2) is 0 Å². The summed E-state index contributed by atoms with van der Waals surface area (Å²) >= 11 is 5.79. The summed E-state index contributed by atoms with van der Waals surface area (Å²) in [4.78, 5) is 4.01. The van der Waals surface area contributed by atoms with Gasteiger partial charge in [0.1, 0.15) is 11.9 Å². The Morgan fingerprint density at radius 1 is 1.33 bits per heavy atom. The van der Waals surface area contributed by atoms with Crippen LogP contribution in [0.5, 0.6) is 5.88 Å². The van der Waals surface area contributed by atoms with Gasteiger partial charge >= 0.3 is 0 Å². The number of aromatic nitrogens is 1. The summed E-state index contributed by atoms with van der Waals surface area (Å²) in [6.45, 7) is 4.49. The van der Waals surface area contributed by atoms with E-state index in [-0.39, 0.29) is 17.8 Å². The highest BCUT2D eigenvalue weighted by molar-refractivity contribution is 6.17. The largest absolute Gasteiger partial charge is 0.474 e. The summed E-state index contributed by atoms with van der Waals surface area (Å²) in [5, 5.41) is 0. The van der Waals surface area contributed by atoms with Gasteiger partial charge in [0.25, 0.3) is 0 Å². The predicted molar refractivity (Wildman–Crippen MR) is 70.3 cm³/mol. The van der Waals surface area contributed by atoms with Crippen LogP contribution in [0.15, 0.2) is 12.3 Å². The standard InChI is InChI=1S/C14H19ClFNO/c1-9-3-10(2)5-13(4-9)18-14-11(7-15)6-12(16)8-17-14/h6,8-10,13H,3-5,7H2,1-2H3. The van der Waals surface area contributed by atoms with Crippen molar-refractivity contribution >= 4 is 11.6 Å². The number of pyridine rings is 1. The highest BCUT2D eigenvalue weighted by atomic mass is 35.5. The average molecular weight is 272 g/mol. The van der Waals surface area contributed by atoms with E-state index < -0.39 is 0 Å². The van der Waals surface area contributed by atoms with Crippen molar-refractivity contribution in [3.05, 3.63) is 23.6 Å². The molecule has 1 aromatic rings. The van der Waals surface area contributed by atoms with E-state index in [1.54, 1.807) is 0 Å². The molecular weight excluding hydrogens is 253 g/mol. The van der Waals surface area contributed by atoms with Crippen LogP contribution in [0.1, 0.15) is 38.7 Å². The first-order valence-corrected chi connectivity index (χ1v) is 6.99. The van der Waals surface area contributed by atoms with E-state index in [1.165, 1.54) is 18.7 Å². The quantitative estimate of drug-likeness (QED) is 0.770. The zero-order valence-corrected chi connectivity index (χ0v) is 11.6. The van der Waals surface area contributed by atoms with Crippen LogP contribution in [0.3, 0.4) is 0 Å². The second-order valence-corrected chi connectivity index (χ2v) is 5.68. The van der Waals surface area contributed by atoms with Crippen LogP contribution in [-0.2, 0) is 5.88 Å². The SMILES string of the molecule is CC1CC(C)CC(Oc2ncc(F)cc2CCl)C1. The van der Waals surface area contributed by atoms with Crippen molar-refractivity contribution < 1.29 is 9.13 Å². The van der Waals surface area contributed by atoms with Crippen LogP contribution in [0.25, 0.3) is 0 Å². The Bertz CT molecular complexity index is 403. The Hall–Kier alpha value is -0.830. The molecule has 0 aliphatic heterocycles. The molecule has 18 heavy (non-hydrogen) atoms. The molecule has 1 aliphatic rings. The van der Waals surface area contributed by atoms with E-state index in [4.69, 9.17) is 16.3 Å². The molecule has 1 aliphatic carbocycles. The average Bonchev–Trinajstić information content (AvgIpc) is 2.30. The summed E-state index contributed by atoms with van der Waals surface area (Å²) in [5.74, 6) is 1.66. The van der Waals surface area contributed by atoms with Gasteiger partial charge in [-0.3, -0.25) is 0 Å². The highest BCUT2D eigenvalue weighted by Crippen LogP contribution is 2.32. The zero-order valence-electron chi connectivity index (χ0n) is 10.8. The summed E-state index contributed by atoms with van der Waals surface area (Å²) in [7, 11) is 0. The molecule has 1 heterocycles. The second-order valence-electron chi connectivity index (χ2n) is 5.41. The molecule has 0 saturated heterocycles. The topological polar surface area (TPSA) is 22.1 Å². The minimum atomic E-state index is -0.372. The van der Waals surface area contributed by atoms with Crippen LogP contribution in [0, 0.1) is 17.7 Å². The predicted octanol–water partition coefficient (Wildman–Crippen LogP) is 4.16. The molecule has 2 nitrogen and oxygen atoms in total. The van der Waals surface area contributed by atoms with Crippen molar-refractivity contribution in [1.29, 1.82) is 0 Å². The van der Waals surface area contributed by atoms with E-state index in [0.717, 1.165) is 12.8 Å². The molecular formula is C14H19ClFNO. The monoisotopic (exact) mass is 271 g/mol. The molecule has 100 valence electrons. The second kappa shape index (κ2) is 5.87. The number of rotatable bonds is 3.